The Balaban J connectivity index is 1.66. The Morgan fingerprint density at radius 3 is 2.64 bits per heavy atom. The van der Waals surface area contributed by atoms with E-state index in [0.29, 0.717) is 5.95 Å². The first kappa shape index (κ1) is 15.1. The third-order valence-electron chi connectivity index (χ3n) is 3.06. The molecule has 3 aromatic rings. The van der Waals surface area contributed by atoms with Gasteiger partial charge >= 0.3 is 0 Å². The molecular weight excluding hydrogens is 362 g/mol. The summed E-state index contributed by atoms with van der Waals surface area (Å²) in [6, 6.07) is 9.79. The molecule has 0 aliphatic carbocycles. The van der Waals surface area contributed by atoms with Crippen LogP contribution in [-0.4, -0.2) is 15.0 Å². The van der Waals surface area contributed by atoms with Crippen LogP contribution in [0, 0.1) is 0 Å². The zero-order chi connectivity index (χ0) is 15.4. The van der Waals surface area contributed by atoms with Crippen molar-refractivity contribution >= 4 is 38.3 Å². The molecule has 3 N–H and O–H groups in total. The van der Waals surface area contributed by atoms with Crippen LogP contribution in [0.4, 0.5) is 11.1 Å². The van der Waals surface area contributed by atoms with Crippen LogP contribution < -0.4 is 11.1 Å². The van der Waals surface area contributed by atoms with Gasteiger partial charge in [-0.25, -0.2) is 15.0 Å². The number of hydrogen-bond donors (Lipinski definition) is 2. The van der Waals surface area contributed by atoms with Crippen molar-refractivity contribution in [2.75, 3.05) is 5.32 Å². The average molecular weight is 376 g/mol. The Labute approximate surface area is 140 Å². The van der Waals surface area contributed by atoms with E-state index >= 15 is 0 Å². The highest BCUT2D eigenvalue weighted by Crippen LogP contribution is 2.24. The Kier molecular flexibility index (Phi) is 4.77. The van der Waals surface area contributed by atoms with Crippen molar-refractivity contribution in [2.45, 2.75) is 12.5 Å². The van der Waals surface area contributed by atoms with Crippen molar-refractivity contribution in [3.05, 3.63) is 63.8 Å². The van der Waals surface area contributed by atoms with Gasteiger partial charge in [-0.15, -0.1) is 11.3 Å². The van der Waals surface area contributed by atoms with Crippen LogP contribution in [0.1, 0.15) is 17.3 Å². The largest absolute Gasteiger partial charge is 0.322 e. The summed E-state index contributed by atoms with van der Waals surface area (Å²) in [6.07, 6.45) is 4.12. The van der Waals surface area contributed by atoms with Gasteiger partial charge < -0.3 is 11.1 Å². The van der Waals surface area contributed by atoms with E-state index < -0.39 is 0 Å². The van der Waals surface area contributed by atoms with Gasteiger partial charge in [0.1, 0.15) is 0 Å². The smallest absolute Gasteiger partial charge is 0.228 e. The highest BCUT2D eigenvalue weighted by Gasteiger charge is 2.12. The second-order valence-corrected chi connectivity index (χ2v) is 6.49. The van der Waals surface area contributed by atoms with Crippen molar-refractivity contribution in [3.63, 3.8) is 0 Å². The molecular formula is C15H14BrN5S. The molecule has 0 fully saturated rings. The molecule has 22 heavy (non-hydrogen) atoms. The van der Waals surface area contributed by atoms with E-state index in [1.54, 1.807) is 18.5 Å². The Hall–Kier alpha value is -1.83. The third kappa shape index (κ3) is 3.88. The van der Waals surface area contributed by atoms with Crippen molar-refractivity contribution in [1.29, 1.82) is 0 Å². The maximum Gasteiger partial charge on any atom is 0.228 e. The third-order valence-corrected chi connectivity index (χ3v) is 4.36. The quantitative estimate of drug-likeness (QED) is 0.710. The summed E-state index contributed by atoms with van der Waals surface area (Å²) in [6.45, 7) is 0. The highest BCUT2D eigenvalue weighted by atomic mass is 79.9. The zero-order valence-corrected chi connectivity index (χ0v) is 14.0. The highest BCUT2D eigenvalue weighted by molar-refractivity contribution is 9.10. The van der Waals surface area contributed by atoms with Gasteiger partial charge in [0.2, 0.25) is 5.95 Å². The van der Waals surface area contributed by atoms with Crippen LogP contribution in [0.15, 0.2) is 52.6 Å². The van der Waals surface area contributed by atoms with Gasteiger partial charge in [0, 0.05) is 22.2 Å². The van der Waals surface area contributed by atoms with Crippen LogP contribution in [0.5, 0.6) is 0 Å². The number of thiazole rings is 1. The molecule has 1 atom stereocenters. The van der Waals surface area contributed by atoms with Gasteiger partial charge in [0.25, 0.3) is 0 Å². The number of nitrogens with two attached hydrogens (primary N) is 1. The second-order valence-electron chi connectivity index (χ2n) is 4.71. The summed E-state index contributed by atoms with van der Waals surface area (Å²) in [5, 5.41) is 5.78. The first-order valence-corrected chi connectivity index (χ1v) is 8.37. The van der Waals surface area contributed by atoms with Gasteiger partial charge in [0.15, 0.2) is 5.13 Å². The fourth-order valence-corrected chi connectivity index (χ4v) is 2.98. The monoisotopic (exact) mass is 375 g/mol. The average Bonchev–Trinajstić information content (AvgIpc) is 2.99. The predicted octanol–water partition coefficient (Wildman–Crippen LogP) is 3.68. The van der Waals surface area contributed by atoms with Crippen LogP contribution in [0.2, 0.25) is 0 Å². The minimum absolute atomic E-state index is 0.135. The summed E-state index contributed by atoms with van der Waals surface area (Å²) in [4.78, 5) is 12.7. The molecule has 1 unspecified atom stereocenters. The lowest BCUT2D eigenvalue weighted by Gasteiger charge is -2.09. The van der Waals surface area contributed by atoms with Gasteiger partial charge in [-0.05, 0) is 30.2 Å². The first-order chi connectivity index (χ1) is 10.7. The molecule has 0 aliphatic heterocycles. The summed E-state index contributed by atoms with van der Waals surface area (Å²) >= 11 is 4.93. The van der Waals surface area contributed by atoms with Gasteiger partial charge in [0.05, 0.1) is 11.7 Å². The summed E-state index contributed by atoms with van der Waals surface area (Å²) in [7, 11) is 0. The molecule has 0 saturated heterocycles. The van der Waals surface area contributed by atoms with Gasteiger partial charge in [-0.2, -0.15) is 0 Å². The standard InChI is InChI=1S/C15H14BrN5S/c16-11-4-2-10(3-5-11)8-12(17)13-9-22-15(20-13)21-14-18-6-1-7-19-14/h1-7,9,12H,8,17H2,(H,18,19,20,21). The molecule has 7 heteroatoms. The summed E-state index contributed by atoms with van der Waals surface area (Å²) in [5.74, 6) is 0.532. The van der Waals surface area contributed by atoms with Crippen molar-refractivity contribution < 1.29 is 0 Å². The lowest BCUT2D eigenvalue weighted by atomic mass is 10.1. The Bertz CT molecular complexity index is 729. The zero-order valence-electron chi connectivity index (χ0n) is 11.6. The molecule has 0 amide bonds. The van der Waals surface area contributed by atoms with Crippen LogP contribution in [0.3, 0.4) is 0 Å². The van der Waals surface area contributed by atoms with E-state index in [1.807, 2.05) is 17.5 Å². The number of rotatable bonds is 5. The minimum Gasteiger partial charge on any atom is -0.322 e. The summed E-state index contributed by atoms with van der Waals surface area (Å²) in [5.41, 5.74) is 8.30. The number of anilines is 2. The SMILES string of the molecule is NC(Cc1ccc(Br)cc1)c1csc(Nc2ncccn2)n1. The van der Waals surface area contributed by atoms with E-state index in [-0.39, 0.29) is 6.04 Å². The minimum atomic E-state index is -0.135. The molecule has 0 saturated carbocycles. The van der Waals surface area contributed by atoms with Crippen molar-refractivity contribution in [3.8, 4) is 0 Å². The maximum absolute atomic E-state index is 6.25. The number of halogens is 1. The molecule has 0 spiro atoms. The number of nitrogens with zero attached hydrogens (tertiary/aromatic N) is 3. The maximum atomic E-state index is 6.25. The van der Waals surface area contributed by atoms with Crippen molar-refractivity contribution in [1.82, 2.24) is 15.0 Å². The van der Waals surface area contributed by atoms with Crippen LogP contribution in [-0.2, 0) is 6.42 Å². The van der Waals surface area contributed by atoms with Crippen LogP contribution in [0.25, 0.3) is 0 Å². The van der Waals surface area contributed by atoms with Gasteiger partial charge in [-0.3, -0.25) is 0 Å². The molecule has 0 bridgehead atoms. The molecule has 0 radical (unpaired) electrons. The number of benzene rings is 1. The molecule has 0 aliphatic rings. The lowest BCUT2D eigenvalue weighted by Crippen LogP contribution is -2.13. The van der Waals surface area contributed by atoms with Crippen LogP contribution >= 0.6 is 27.3 Å². The van der Waals surface area contributed by atoms with E-state index in [9.17, 15) is 0 Å². The molecule has 1 aromatic carbocycles. The molecule has 3 rings (SSSR count). The molecule has 2 aromatic heterocycles. The number of aromatic nitrogens is 3. The molecule has 5 nitrogen and oxygen atoms in total. The van der Waals surface area contributed by atoms with E-state index in [1.165, 1.54) is 16.9 Å². The fourth-order valence-electron chi connectivity index (χ4n) is 1.95. The van der Waals surface area contributed by atoms with E-state index in [0.717, 1.165) is 21.7 Å². The predicted molar refractivity (Wildman–Crippen MR) is 92.2 cm³/mol. The molecule has 2 heterocycles. The first-order valence-electron chi connectivity index (χ1n) is 6.70. The number of hydrogen-bond acceptors (Lipinski definition) is 6. The topological polar surface area (TPSA) is 76.7 Å². The molecule has 112 valence electrons. The van der Waals surface area contributed by atoms with Crippen molar-refractivity contribution in [2.24, 2.45) is 5.73 Å². The fraction of sp³-hybridized carbons (Fsp3) is 0.133. The normalized spacial score (nSPS) is 12.1. The second kappa shape index (κ2) is 6.95. The number of nitrogens with one attached hydrogen (secondary N) is 1. The van der Waals surface area contributed by atoms with E-state index in [2.05, 4.69) is 48.3 Å². The Morgan fingerprint density at radius 1 is 1.18 bits per heavy atom. The van der Waals surface area contributed by atoms with Gasteiger partial charge in [-0.1, -0.05) is 28.1 Å². The Morgan fingerprint density at radius 2 is 1.91 bits per heavy atom. The summed E-state index contributed by atoms with van der Waals surface area (Å²) < 4.78 is 1.06. The van der Waals surface area contributed by atoms with E-state index in [4.69, 9.17) is 5.73 Å². The lowest BCUT2D eigenvalue weighted by molar-refractivity contribution is 0.702.